The highest BCUT2D eigenvalue weighted by Gasteiger charge is 2.15. The number of ether oxygens (including phenoxy) is 1. The summed E-state index contributed by atoms with van der Waals surface area (Å²) in [6.07, 6.45) is 6.77. The van der Waals surface area contributed by atoms with Gasteiger partial charge in [0.05, 0.1) is 6.61 Å². The molecule has 0 unspecified atom stereocenters. The summed E-state index contributed by atoms with van der Waals surface area (Å²) in [7, 11) is 0. The first-order chi connectivity index (χ1) is 8.27. The molecular weight excluding hydrogens is 210 g/mol. The Morgan fingerprint density at radius 1 is 1.29 bits per heavy atom. The molecule has 1 atom stereocenters. The van der Waals surface area contributed by atoms with E-state index in [1.807, 2.05) is 25.1 Å². The molecule has 17 heavy (non-hydrogen) atoms. The molecule has 0 radical (unpaired) electrons. The average molecular weight is 233 g/mol. The van der Waals surface area contributed by atoms with Gasteiger partial charge in [-0.25, -0.2) is 0 Å². The molecule has 94 valence electrons. The molecule has 0 heterocycles. The predicted octanol–water partition coefficient (Wildman–Crippen LogP) is 3.67. The van der Waals surface area contributed by atoms with Gasteiger partial charge in [-0.2, -0.15) is 0 Å². The molecule has 0 amide bonds. The number of hydrogen-bond acceptors (Lipinski definition) is 2. The Labute approximate surface area is 104 Å². The minimum Gasteiger partial charge on any atom is -0.493 e. The second-order valence-electron chi connectivity index (χ2n) is 5.11. The van der Waals surface area contributed by atoms with Crippen LogP contribution in [0.15, 0.2) is 24.3 Å². The normalized spacial score (nSPS) is 18.2. The van der Waals surface area contributed by atoms with Crippen molar-refractivity contribution in [1.29, 1.82) is 0 Å². The Balaban J connectivity index is 1.85. The van der Waals surface area contributed by atoms with Gasteiger partial charge in [0.15, 0.2) is 0 Å². The van der Waals surface area contributed by atoms with Gasteiger partial charge in [-0.1, -0.05) is 43.9 Å². The van der Waals surface area contributed by atoms with Gasteiger partial charge in [-0.15, -0.1) is 0 Å². The molecule has 0 aromatic heterocycles. The first kappa shape index (κ1) is 12.4. The molecule has 1 aromatic rings. The van der Waals surface area contributed by atoms with Crippen molar-refractivity contribution in [3.8, 4) is 5.75 Å². The van der Waals surface area contributed by atoms with Crippen molar-refractivity contribution in [1.82, 2.24) is 0 Å². The molecule has 1 saturated carbocycles. The van der Waals surface area contributed by atoms with Crippen LogP contribution in [0.25, 0.3) is 0 Å². The smallest absolute Gasteiger partial charge is 0.124 e. The molecule has 1 aromatic carbocycles. The third-order valence-electron chi connectivity index (χ3n) is 3.67. The van der Waals surface area contributed by atoms with Crippen molar-refractivity contribution in [2.45, 2.75) is 45.1 Å². The van der Waals surface area contributed by atoms with Crippen molar-refractivity contribution < 1.29 is 4.74 Å². The van der Waals surface area contributed by atoms with E-state index in [-0.39, 0.29) is 6.04 Å². The van der Waals surface area contributed by atoms with Crippen LogP contribution in [0.1, 0.15) is 50.6 Å². The van der Waals surface area contributed by atoms with Crippen molar-refractivity contribution in [2.75, 3.05) is 6.61 Å². The summed E-state index contributed by atoms with van der Waals surface area (Å²) in [4.78, 5) is 0. The summed E-state index contributed by atoms with van der Waals surface area (Å²) in [5, 5.41) is 0. The average Bonchev–Trinajstić information content (AvgIpc) is 2.82. The minimum absolute atomic E-state index is 0.0395. The van der Waals surface area contributed by atoms with Crippen molar-refractivity contribution in [3.05, 3.63) is 29.8 Å². The van der Waals surface area contributed by atoms with E-state index in [4.69, 9.17) is 10.5 Å². The van der Waals surface area contributed by atoms with Gasteiger partial charge >= 0.3 is 0 Å². The molecule has 0 bridgehead atoms. The van der Waals surface area contributed by atoms with Gasteiger partial charge in [0.25, 0.3) is 0 Å². The quantitative estimate of drug-likeness (QED) is 0.842. The third kappa shape index (κ3) is 3.47. The topological polar surface area (TPSA) is 35.2 Å². The zero-order chi connectivity index (χ0) is 12.1. The molecule has 0 spiro atoms. The Morgan fingerprint density at radius 2 is 2.00 bits per heavy atom. The lowest BCUT2D eigenvalue weighted by Gasteiger charge is -2.15. The van der Waals surface area contributed by atoms with Crippen LogP contribution < -0.4 is 10.5 Å². The van der Waals surface area contributed by atoms with E-state index in [1.54, 1.807) is 0 Å². The fourth-order valence-electron chi connectivity index (χ4n) is 2.62. The Hall–Kier alpha value is -1.02. The second-order valence-corrected chi connectivity index (χ2v) is 5.11. The molecule has 1 aliphatic carbocycles. The fraction of sp³-hybridized carbons (Fsp3) is 0.600. The number of rotatable bonds is 5. The van der Waals surface area contributed by atoms with Gasteiger partial charge in [-0.3, -0.25) is 0 Å². The van der Waals surface area contributed by atoms with Crippen LogP contribution in [-0.4, -0.2) is 6.61 Å². The van der Waals surface area contributed by atoms with Crippen LogP contribution in [-0.2, 0) is 0 Å². The van der Waals surface area contributed by atoms with Crippen LogP contribution in [0.4, 0.5) is 0 Å². The highest BCUT2D eigenvalue weighted by Crippen LogP contribution is 2.28. The van der Waals surface area contributed by atoms with Gasteiger partial charge in [-0.05, 0) is 25.3 Å². The molecule has 2 nitrogen and oxygen atoms in total. The fourth-order valence-corrected chi connectivity index (χ4v) is 2.62. The Morgan fingerprint density at radius 3 is 2.71 bits per heavy atom. The second kappa shape index (κ2) is 6.06. The monoisotopic (exact) mass is 233 g/mol. The van der Waals surface area contributed by atoms with Crippen molar-refractivity contribution >= 4 is 0 Å². The highest BCUT2D eigenvalue weighted by molar-refractivity contribution is 5.35. The van der Waals surface area contributed by atoms with Crippen LogP contribution in [0.2, 0.25) is 0 Å². The van der Waals surface area contributed by atoms with E-state index in [1.165, 1.54) is 32.1 Å². The Bertz CT molecular complexity index is 343. The lowest BCUT2D eigenvalue weighted by molar-refractivity contribution is 0.276. The van der Waals surface area contributed by atoms with Crippen molar-refractivity contribution in [3.63, 3.8) is 0 Å². The first-order valence-corrected chi connectivity index (χ1v) is 6.74. The van der Waals surface area contributed by atoms with E-state index in [0.717, 1.165) is 23.8 Å². The van der Waals surface area contributed by atoms with E-state index < -0.39 is 0 Å². The first-order valence-electron chi connectivity index (χ1n) is 6.74. The lowest BCUT2D eigenvalue weighted by atomic mass is 10.1. The summed E-state index contributed by atoms with van der Waals surface area (Å²) in [6, 6.07) is 8.14. The maximum Gasteiger partial charge on any atom is 0.124 e. The summed E-state index contributed by atoms with van der Waals surface area (Å²) < 4.78 is 5.88. The van der Waals surface area contributed by atoms with Gasteiger partial charge < -0.3 is 10.5 Å². The Kier molecular flexibility index (Phi) is 4.43. The minimum atomic E-state index is 0.0395. The van der Waals surface area contributed by atoms with Gasteiger partial charge in [0.2, 0.25) is 0 Å². The van der Waals surface area contributed by atoms with Crippen molar-refractivity contribution in [2.24, 2.45) is 11.7 Å². The third-order valence-corrected chi connectivity index (χ3v) is 3.67. The zero-order valence-corrected chi connectivity index (χ0v) is 10.7. The van der Waals surface area contributed by atoms with Crippen LogP contribution in [0.3, 0.4) is 0 Å². The number of hydrogen-bond donors (Lipinski definition) is 1. The SMILES string of the molecule is C[C@@H](N)c1ccccc1OCCC1CCCC1. The van der Waals surface area contributed by atoms with Crippen LogP contribution in [0.5, 0.6) is 5.75 Å². The molecule has 2 N–H and O–H groups in total. The highest BCUT2D eigenvalue weighted by atomic mass is 16.5. The summed E-state index contributed by atoms with van der Waals surface area (Å²) >= 11 is 0. The lowest BCUT2D eigenvalue weighted by Crippen LogP contribution is -2.09. The molecule has 2 rings (SSSR count). The summed E-state index contributed by atoms with van der Waals surface area (Å²) in [5.74, 6) is 1.85. The standard InChI is InChI=1S/C15H23NO/c1-12(16)14-8-4-5-9-15(14)17-11-10-13-6-2-3-7-13/h4-5,8-9,12-13H,2-3,6-7,10-11,16H2,1H3/t12-/m1/s1. The van der Waals surface area contributed by atoms with Crippen LogP contribution >= 0.6 is 0 Å². The van der Waals surface area contributed by atoms with Gasteiger partial charge in [0.1, 0.15) is 5.75 Å². The maximum absolute atomic E-state index is 5.93. The molecule has 1 aliphatic rings. The largest absolute Gasteiger partial charge is 0.493 e. The summed E-state index contributed by atoms with van der Waals surface area (Å²) in [6.45, 7) is 2.83. The maximum atomic E-state index is 5.93. The number of para-hydroxylation sites is 1. The van der Waals surface area contributed by atoms with Gasteiger partial charge in [0, 0.05) is 11.6 Å². The predicted molar refractivity (Wildman–Crippen MR) is 71.1 cm³/mol. The van der Waals surface area contributed by atoms with E-state index in [0.29, 0.717) is 0 Å². The van der Waals surface area contributed by atoms with Crippen LogP contribution in [0, 0.1) is 5.92 Å². The molecular formula is C15H23NO. The molecule has 0 saturated heterocycles. The van der Waals surface area contributed by atoms with E-state index in [2.05, 4.69) is 6.07 Å². The molecule has 2 heteroatoms. The number of nitrogens with two attached hydrogens (primary N) is 1. The zero-order valence-electron chi connectivity index (χ0n) is 10.7. The van der Waals surface area contributed by atoms with E-state index >= 15 is 0 Å². The summed E-state index contributed by atoms with van der Waals surface area (Å²) in [5.41, 5.74) is 7.04. The molecule has 1 fully saturated rings. The van der Waals surface area contributed by atoms with E-state index in [9.17, 15) is 0 Å². The molecule has 0 aliphatic heterocycles. The number of benzene rings is 1.